The monoisotopic (exact) mass is 380 g/mol. The van der Waals surface area contributed by atoms with E-state index >= 15 is 0 Å². The van der Waals surface area contributed by atoms with Crippen LogP contribution in [0.25, 0.3) is 6.08 Å². The molecule has 0 radical (unpaired) electrons. The summed E-state index contributed by atoms with van der Waals surface area (Å²) in [4.78, 5) is 15.8. The normalized spacial score (nSPS) is 10.8. The Kier molecular flexibility index (Phi) is 6.46. The van der Waals surface area contributed by atoms with Crippen molar-refractivity contribution in [3.8, 4) is 11.5 Å². The lowest BCUT2D eigenvalue weighted by molar-refractivity contribution is -0.116. The van der Waals surface area contributed by atoms with E-state index in [1.54, 1.807) is 42.6 Å². The Morgan fingerprint density at radius 1 is 1.07 bits per heavy atom. The molecule has 1 aromatic heterocycles. The number of carbonyl (C=O) groups excluding carboxylic acids is 1. The third-order valence-corrected chi connectivity index (χ3v) is 3.90. The number of hydrogen-bond acceptors (Lipinski definition) is 3. The number of benzene rings is 2. The standard InChI is InChI=1S/C22H18F2N2O2/c23-19-6-2-1-4-17(19)11-13-26-22(27)10-8-16-7-9-21(20(24)14-16)28-18-5-3-12-25-15-18/h1-10,12,14-15H,11,13H2,(H,26,27)/b10-8+. The summed E-state index contributed by atoms with van der Waals surface area (Å²) in [7, 11) is 0. The third-order valence-electron chi connectivity index (χ3n) is 3.90. The molecule has 0 aliphatic heterocycles. The highest BCUT2D eigenvalue weighted by Gasteiger charge is 2.06. The number of hydrogen-bond donors (Lipinski definition) is 1. The Balaban J connectivity index is 1.52. The van der Waals surface area contributed by atoms with Gasteiger partial charge in [-0.15, -0.1) is 0 Å². The van der Waals surface area contributed by atoms with Gasteiger partial charge in [-0.1, -0.05) is 24.3 Å². The van der Waals surface area contributed by atoms with Gasteiger partial charge in [0.15, 0.2) is 11.6 Å². The first-order valence-corrected chi connectivity index (χ1v) is 8.68. The molecule has 0 saturated heterocycles. The predicted octanol–water partition coefficient (Wildman–Crippen LogP) is 4.52. The van der Waals surface area contributed by atoms with E-state index in [-0.39, 0.29) is 17.5 Å². The van der Waals surface area contributed by atoms with E-state index < -0.39 is 5.82 Å². The number of nitrogens with one attached hydrogen (secondary N) is 1. The summed E-state index contributed by atoms with van der Waals surface area (Å²) in [6, 6.07) is 14.2. The molecular formula is C22H18F2N2O2. The fraction of sp³-hybridized carbons (Fsp3) is 0.0909. The molecule has 0 atom stereocenters. The number of carbonyl (C=O) groups is 1. The highest BCUT2D eigenvalue weighted by atomic mass is 19.1. The third kappa shape index (κ3) is 5.48. The second-order valence-corrected chi connectivity index (χ2v) is 5.95. The molecule has 4 nitrogen and oxygen atoms in total. The van der Waals surface area contributed by atoms with Crippen molar-refractivity contribution in [2.45, 2.75) is 6.42 Å². The average Bonchev–Trinajstić information content (AvgIpc) is 2.70. The zero-order valence-electron chi connectivity index (χ0n) is 14.9. The van der Waals surface area contributed by atoms with E-state index in [0.717, 1.165) is 0 Å². The van der Waals surface area contributed by atoms with Crippen LogP contribution < -0.4 is 10.1 Å². The number of halogens is 2. The van der Waals surface area contributed by atoms with Crippen LogP contribution in [0.3, 0.4) is 0 Å². The Morgan fingerprint density at radius 3 is 2.68 bits per heavy atom. The summed E-state index contributed by atoms with van der Waals surface area (Å²) in [6.45, 7) is 0.302. The summed E-state index contributed by atoms with van der Waals surface area (Å²) < 4.78 is 33.1. The predicted molar refractivity (Wildman–Crippen MR) is 103 cm³/mol. The lowest BCUT2D eigenvalue weighted by Crippen LogP contribution is -2.23. The molecule has 142 valence electrons. The van der Waals surface area contributed by atoms with E-state index in [9.17, 15) is 13.6 Å². The van der Waals surface area contributed by atoms with Gasteiger partial charge in [0.2, 0.25) is 5.91 Å². The van der Waals surface area contributed by atoms with E-state index in [0.29, 0.717) is 29.8 Å². The summed E-state index contributed by atoms with van der Waals surface area (Å²) >= 11 is 0. The van der Waals surface area contributed by atoms with E-state index in [1.165, 1.54) is 36.5 Å². The van der Waals surface area contributed by atoms with E-state index in [2.05, 4.69) is 10.3 Å². The van der Waals surface area contributed by atoms with Crippen LogP contribution >= 0.6 is 0 Å². The van der Waals surface area contributed by atoms with Gasteiger partial charge in [-0.2, -0.15) is 0 Å². The average molecular weight is 380 g/mol. The molecule has 1 heterocycles. The molecule has 3 aromatic rings. The minimum atomic E-state index is -0.550. The Labute approximate surface area is 161 Å². The van der Waals surface area contributed by atoms with Gasteiger partial charge in [-0.25, -0.2) is 8.78 Å². The lowest BCUT2D eigenvalue weighted by Gasteiger charge is -2.06. The van der Waals surface area contributed by atoms with Gasteiger partial charge < -0.3 is 10.1 Å². The maximum Gasteiger partial charge on any atom is 0.244 e. The van der Waals surface area contributed by atoms with Crippen LogP contribution in [-0.2, 0) is 11.2 Å². The Bertz CT molecular complexity index is 975. The number of aromatic nitrogens is 1. The molecule has 28 heavy (non-hydrogen) atoms. The fourth-order valence-electron chi connectivity index (χ4n) is 2.49. The maximum atomic E-state index is 14.2. The van der Waals surface area contributed by atoms with Crippen molar-refractivity contribution >= 4 is 12.0 Å². The van der Waals surface area contributed by atoms with Crippen LogP contribution in [0.1, 0.15) is 11.1 Å². The number of nitrogens with zero attached hydrogens (tertiary/aromatic N) is 1. The van der Waals surface area contributed by atoms with Gasteiger partial charge in [0.25, 0.3) is 0 Å². The van der Waals surface area contributed by atoms with Crippen molar-refractivity contribution < 1.29 is 18.3 Å². The van der Waals surface area contributed by atoms with Crippen molar-refractivity contribution in [2.24, 2.45) is 0 Å². The Morgan fingerprint density at radius 2 is 1.93 bits per heavy atom. The second-order valence-electron chi connectivity index (χ2n) is 5.95. The zero-order chi connectivity index (χ0) is 19.8. The van der Waals surface area contributed by atoms with Gasteiger partial charge >= 0.3 is 0 Å². The van der Waals surface area contributed by atoms with Crippen molar-refractivity contribution in [3.63, 3.8) is 0 Å². The summed E-state index contributed by atoms with van der Waals surface area (Å²) in [6.07, 6.45) is 6.27. The molecule has 6 heteroatoms. The van der Waals surface area contributed by atoms with Crippen molar-refractivity contribution in [2.75, 3.05) is 6.54 Å². The second kappa shape index (κ2) is 9.41. The lowest BCUT2D eigenvalue weighted by atomic mass is 10.1. The molecular weight excluding hydrogens is 362 g/mol. The molecule has 0 fully saturated rings. The summed E-state index contributed by atoms with van der Waals surface area (Å²) in [5.41, 5.74) is 1.05. The number of rotatable bonds is 7. The first-order valence-electron chi connectivity index (χ1n) is 8.68. The minimum absolute atomic E-state index is 0.0690. The highest BCUT2D eigenvalue weighted by Crippen LogP contribution is 2.24. The molecule has 2 aromatic carbocycles. The zero-order valence-corrected chi connectivity index (χ0v) is 14.9. The van der Waals surface area contributed by atoms with Gasteiger partial charge in [0.1, 0.15) is 11.6 Å². The quantitative estimate of drug-likeness (QED) is 0.613. The van der Waals surface area contributed by atoms with Gasteiger partial charge in [0.05, 0.1) is 6.20 Å². The van der Waals surface area contributed by atoms with Crippen LogP contribution in [0.4, 0.5) is 8.78 Å². The maximum absolute atomic E-state index is 14.2. The number of ether oxygens (including phenoxy) is 1. The summed E-state index contributed by atoms with van der Waals surface area (Å²) in [5, 5.41) is 2.67. The molecule has 1 amide bonds. The fourth-order valence-corrected chi connectivity index (χ4v) is 2.49. The van der Waals surface area contributed by atoms with Gasteiger partial charge in [-0.3, -0.25) is 9.78 Å². The topological polar surface area (TPSA) is 51.2 Å². The molecule has 1 N–H and O–H groups in total. The summed E-state index contributed by atoms with van der Waals surface area (Å²) in [5.74, 6) is -0.687. The molecule has 0 aliphatic carbocycles. The van der Waals surface area contributed by atoms with E-state index in [4.69, 9.17) is 4.74 Å². The van der Waals surface area contributed by atoms with Crippen molar-refractivity contribution in [1.82, 2.24) is 10.3 Å². The molecule has 3 rings (SSSR count). The largest absolute Gasteiger partial charge is 0.453 e. The van der Waals surface area contributed by atoms with Gasteiger partial charge in [0, 0.05) is 18.8 Å². The molecule has 0 unspecified atom stereocenters. The first kappa shape index (κ1) is 19.2. The van der Waals surface area contributed by atoms with Crippen molar-refractivity contribution in [1.29, 1.82) is 0 Å². The van der Waals surface area contributed by atoms with Crippen LogP contribution in [0.5, 0.6) is 11.5 Å². The van der Waals surface area contributed by atoms with Crippen LogP contribution in [-0.4, -0.2) is 17.4 Å². The molecule has 0 aliphatic rings. The van der Waals surface area contributed by atoms with Crippen LogP contribution in [0.2, 0.25) is 0 Å². The van der Waals surface area contributed by atoms with Crippen LogP contribution in [0.15, 0.2) is 73.1 Å². The Hall–Kier alpha value is -3.54. The number of pyridine rings is 1. The highest BCUT2D eigenvalue weighted by molar-refractivity contribution is 5.91. The minimum Gasteiger partial charge on any atom is -0.453 e. The first-order chi connectivity index (χ1) is 13.6. The molecule has 0 spiro atoms. The van der Waals surface area contributed by atoms with E-state index in [1.807, 2.05) is 0 Å². The SMILES string of the molecule is O=C(/C=C/c1ccc(Oc2cccnc2)c(F)c1)NCCc1ccccc1F. The van der Waals surface area contributed by atoms with Crippen molar-refractivity contribution in [3.05, 3.63) is 95.8 Å². The van der Waals surface area contributed by atoms with Crippen LogP contribution in [0, 0.1) is 11.6 Å². The molecule has 0 bridgehead atoms. The van der Waals surface area contributed by atoms with Gasteiger partial charge in [-0.05, 0) is 54.0 Å². The molecule has 0 saturated carbocycles. The number of amides is 1. The smallest absolute Gasteiger partial charge is 0.244 e.